The first-order valence-corrected chi connectivity index (χ1v) is 12.1. The van der Waals surface area contributed by atoms with E-state index < -0.39 is 10.0 Å². The highest BCUT2D eigenvalue weighted by Crippen LogP contribution is 2.37. The van der Waals surface area contributed by atoms with E-state index in [9.17, 15) is 18.0 Å². The lowest BCUT2D eigenvalue weighted by Gasteiger charge is -2.31. The summed E-state index contributed by atoms with van der Waals surface area (Å²) in [4.78, 5) is 25.9. The van der Waals surface area contributed by atoms with Gasteiger partial charge in [-0.15, -0.1) is 11.3 Å². The van der Waals surface area contributed by atoms with Crippen LogP contribution in [0.15, 0.2) is 30.2 Å². The lowest BCUT2D eigenvalue weighted by Crippen LogP contribution is -2.49. The first kappa shape index (κ1) is 20.8. The normalized spacial score (nSPS) is 22.5. The van der Waals surface area contributed by atoms with E-state index in [1.54, 1.807) is 12.1 Å². The SMILES string of the molecule is C=CS(=O)(=O)N1CCC[C@@H](NC(=O)c2ccc3sc4c(c3c2)NC[C@@H](C)NC4=O)C1. The number of benzene rings is 1. The summed E-state index contributed by atoms with van der Waals surface area (Å²) in [7, 11) is -3.50. The van der Waals surface area contributed by atoms with E-state index >= 15 is 0 Å². The molecular formula is C20H24N4O4S2. The molecular weight excluding hydrogens is 424 g/mol. The average Bonchev–Trinajstić information content (AvgIpc) is 3.03. The molecule has 2 aliphatic rings. The van der Waals surface area contributed by atoms with Crippen LogP contribution in [0.2, 0.25) is 0 Å². The van der Waals surface area contributed by atoms with Crippen molar-refractivity contribution in [2.45, 2.75) is 31.8 Å². The van der Waals surface area contributed by atoms with Crippen LogP contribution in [0.3, 0.4) is 0 Å². The molecule has 0 bridgehead atoms. The molecule has 0 radical (unpaired) electrons. The van der Waals surface area contributed by atoms with Gasteiger partial charge in [-0.2, -0.15) is 4.31 Å². The molecule has 2 amide bonds. The second kappa shape index (κ2) is 8.01. The van der Waals surface area contributed by atoms with Crippen LogP contribution in [0.1, 0.15) is 39.8 Å². The second-order valence-corrected chi connectivity index (χ2v) is 10.6. The van der Waals surface area contributed by atoms with E-state index in [-0.39, 0.29) is 30.4 Å². The lowest BCUT2D eigenvalue weighted by atomic mass is 10.1. The molecule has 0 spiro atoms. The van der Waals surface area contributed by atoms with Crippen molar-refractivity contribution in [1.82, 2.24) is 14.9 Å². The molecule has 1 aromatic carbocycles. The number of thiophene rings is 1. The van der Waals surface area contributed by atoms with Gasteiger partial charge in [-0.1, -0.05) is 6.58 Å². The van der Waals surface area contributed by atoms with E-state index in [1.165, 1.54) is 15.6 Å². The van der Waals surface area contributed by atoms with Gasteiger partial charge < -0.3 is 16.0 Å². The molecule has 2 atom stereocenters. The standard InChI is InChI=1S/C20H24N4O4S2/c1-3-30(27,28)24-8-4-5-14(11-24)23-19(25)13-6-7-16-15(9-13)17-18(29-16)20(26)22-12(2)10-21-17/h3,6-7,9,12,14,21H,1,4-5,8,10-11H2,2H3,(H,22,26)(H,23,25)/t12-,14-/m1/s1. The van der Waals surface area contributed by atoms with Crippen LogP contribution in [0.25, 0.3) is 10.1 Å². The Morgan fingerprint density at radius 1 is 1.40 bits per heavy atom. The molecule has 1 fully saturated rings. The van der Waals surface area contributed by atoms with Crippen LogP contribution >= 0.6 is 11.3 Å². The third-order valence-electron chi connectivity index (χ3n) is 5.41. The zero-order chi connectivity index (χ0) is 21.5. The highest BCUT2D eigenvalue weighted by atomic mass is 32.2. The Kier molecular flexibility index (Phi) is 5.56. The summed E-state index contributed by atoms with van der Waals surface area (Å²) in [6.07, 6.45) is 1.39. The van der Waals surface area contributed by atoms with Crippen LogP contribution in [-0.2, 0) is 10.0 Å². The largest absolute Gasteiger partial charge is 0.381 e. The smallest absolute Gasteiger partial charge is 0.263 e. The van der Waals surface area contributed by atoms with E-state index in [1.807, 2.05) is 13.0 Å². The van der Waals surface area contributed by atoms with Gasteiger partial charge >= 0.3 is 0 Å². The van der Waals surface area contributed by atoms with Crippen molar-refractivity contribution in [3.63, 3.8) is 0 Å². The van der Waals surface area contributed by atoms with Crippen molar-refractivity contribution in [2.24, 2.45) is 0 Å². The molecule has 160 valence electrons. The zero-order valence-electron chi connectivity index (χ0n) is 16.6. The fraction of sp³-hybridized carbons (Fsp3) is 0.400. The highest BCUT2D eigenvalue weighted by molar-refractivity contribution is 7.92. The Balaban J connectivity index is 1.55. The first-order chi connectivity index (χ1) is 14.3. The maximum atomic E-state index is 12.9. The van der Waals surface area contributed by atoms with Crippen molar-refractivity contribution in [3.05, 3.63) is 40.6 Å². The van der Waals surface area contributed by atoms with Crippen molar-refractivity contribution < 1.29 is 18.0 Å². The third-order valence-corrected chi connectivity index (χ3v) is 8.05. The molecule has 30 heavy (non-hydrogen) atoms. The molecule has 2 aromatic rings. The monoisotopic (exact) mass is 448 g/mol. The molecule has 1 aromatic heterocycles. The fourth-order valence-electron chi connectivity index (χ4n) is 3.84. The number of carbonyl (C=O) groups excluding carboxylic acids is 2. The van der Waals surface area contributed by atoms with E-state index in [0.717, 1.165) is 21.2 Å². The topological polar surface area (TPSA) is 108 Å². The van der Waals surface area contributed by atoms with Gasteiger partial charge in [0.15, 0.2) is 0 Å². The quantitative estimate of drug-likeness (QED) is 0.664. The number of fused-ring (bicyclic) bond motifs is 3. The predicted octanol–water partition coefficient (Wildman–Crippen LogP) is 2.11. The molecule has 0 aliphatic carbocycles. The van der Waals surface area contributed by atoms with Crippen LogP contribution in [0, 0.1) is 0 Å². The number of rotatable bonds is 4. The number of hydrogen-bond acceptors (Lipinski definition) is 6. The maximum Gasteiger partial charge on any atom is 0.263 e. The molecule has 3 N–H and O–H groups in total. The van der Waals surface area contributed by atoms with Gasteiger partial charge in [0.2, 0.25) is 10.0 Å². The van der Waals surface area contributed by atoms with Crippen LogP contribution in [0.4, 0.5) is 5.69 Å². The van der Waals surface area contributed by atoms with E-state index in [2.05, 4.69) is 22.5 Å². The fourth-order valence-corrected chi connectivity index (χ4v) is 5.88. The maximum absolute atomic E-state index is 12.9. The summed E-state index contributed by atoms with van der Waals surface area (Å²) in [6.45, 7) is 6.57. The van der Waals surface area contributed by atoms with Crippen molar-refractivity contribution in [1.29, 1.82) is 0 Å². The molecule has 8 nitrogen and oxygen atoms in total. The van der Waals surface area contributed by atoms with Gasteiger partial charge in [0.1, 0.15) is 4.88 Å². The number of nitrogens with one attached hydrogen (secondary N) is 3. The van der Waals surface area contributed by atoms with Crippen LogP contribution in [0.5, 0.6) is 0 Å². The summed E-state index contributed by atoms with van der Waals surface area (Å²) < 4.78 is 26.4. The number of amides is 2. The molecule has 1 saturated heterocycles. The van der Waals surface area contributed by atoms with Gasteiger partial charge in [0.25, 0.3) is 11.8 Å². The Labute approximate surface area is 179 Å². The van der Waals surface area contributed by atoms with Gasteiger partial charge in [-0.3, -0.25) is 9.59 Å². The Hall–Kier alpha value is -2.43. The van der Waals surface area contributed by atoms with Crippen molar-refractivity contribution >= 4 is 48.9 Å². The minimum atomic E-state index is -3.50. The Morgan fingerprint density at radius 2 is 2.20 bits per heavy atom. The Morgan fingerprint density at radius 3 is 2.97 bits per heavy atom. The Bertz CT molecular complexity index is 1130. The minimum absolute atomic E-state index is 0.0136. The van der Waals surface area contributed by atoms with Crippen LogP contribution in [-0.4, -0.2) is 56.3 Å². The van der Waals surface area contributed by atoms with Gasteiger partial charge in [0, 0.05) is 52.8 Å². The molecule has 0 saturated carbocycles. The highest BCUT2D eigenvalue weighted by Gasteiger charge is 2.28. The summed E-state index contributed by atoms with van der Waals surface area (Å²) in [6, 6.07) is 5.12. The lowest BCUT2D eigenvalue weighted by molar-refractivity contribution is 0.0919. The van der Waals surface area contributed by atoms with Gasteiger partial charge in [0.05, 0.1) is 5.69 Å². The molecule has 3 heterocycles. The molecule has 10 heteroatoms. The average molecular weight is 449 g/mol. The molecule has 4 rings (SSSR count). The van der Waals surface area contributed by atoms with Crippen LogP contribution < -0.4 is 16.0 Å². The summed E-state index contributed by atoms with van der Waals surface area (Å²) in [5.41, 5.74) is 1.23. The second-order valence-electron chi connectivity index (χ2n) is 7.65. The molecule has 0 unspecified atom stereocenters. The van der Waals surface area contributed by atoms with Gasteiger partial charge in [-0.05, 0) is 38.0 Å². The van der Waals surface area contributed by atoms with Gasteiger partial charge in [-0.25, -0.2) is 8.42 Å². The minimum Gasteiger partial charge on any atom is -0.381 e. The number of carbonyl (C=O) groups is 2. The zero-order valence-corrected chi connectivity index (χ0v) is 18.2. The van der Waals surface area contributed by atoms with Crippen molar-refractivity contribution in [3.8, 4) is 0 Å². The summed E-state index contributed by atoms with van der Waals surface area (Å²) in [5, 5.41) is 11.0. The van der Waals surface area contributed by atoms with E-state index in [4.69, 9.17) is 0 Å². The number of nitrogens with zero attached hydrogens (tertiary/aromatic N) is 1. The third kappa shape index (κ3) is 3.94. The van der Waals surface area contributed by atoms with E-state index in [0.29, 0.717) is 36.4 Å². The number of sulfonamides is 1. The summed E-state index contributed by atoms with van der Waals surface area (Å²) >= 11 is 1.40. The number of anilines is 1. The predicted molar refractivity (Wildman–Crippen MR) is 118 cm³/mol. The molecule has 2 aliphatic heterocycles. The van der Waals surface area contributed by atoms with Crippen molar-refractivity contribution in [2.75, 3.05) is 25.0 Å². The number of hydrogen-bond donors (Lipinski definition) is 3. The first-order valence-electron chi connectivity index (χ1n) is 9.83. The summed E-state index contributed by atoms with van der Waals surface area (Å²) in [5.74, 6) is -0.369. The number of piperidine rings is 1.